The van der Waals surface area contributed by atoms with E-state index < -0.39 is 17.5 Å². The summed E-state index contributed by atoms with van der Waals surface area (Å²) < 4.78 is 40.2. The summed E-state index contributed by atoms with van der Waals surface area (Å²) in [5.74, 6) is -4.59. The van der Waals surface area contributed by atoms with Crippen LogP contribution in [0, 0.1) is 22.9 Å². The SMILES string of the molecule is N=C1C(c2nc(-c3ccccc3)cs2)=C(O)CN1c1cc(F)c(F)c(F)c1. The molecule has 1 aliphatic heterocycles. The maximum absolute atomic E-state index is 13.5. The summed E-state index contributed by atoms with van der Waals surface area (Å²) in [4.78, 5) is 5.66. The summed E-state index contributed by atoms with van der Waals surface area (Å²) in [5, 5.41) is 20.9. The summed E-state index contributed by atoms with van der Waals surface area (Å²) in [6.45, 7) is -0.154. The number of amidine groups is 1. The zero-order chi connectivity index (χ0) is 19.1. The fourth-order valence-corrected chi connectivity index (χ4v) is 3.75. The largest absolute Gasteiger partial charge is 0.510 e. The molecule has 0 radical (unpaired) electrons. The van der Waals surface area contributed by atoms with Gasteiger partial charge in [0.2, 0.25) is 0 Å². The summed E-state index contributed by atoms with van der Waals surface area (Å²) in [6.07, 6.45) is 0. The van der Waals surface area contributed by atoms with Crippen molar-refractivity contribution in [3.05, 3.63) is 76.1 Å². The van der Waals surface area contributed by atoms with E-state index in [4.69, 9.17) is 5.41 Å². The molecule has 8 heteroatoms. The number of hydrogen-bond donors (Lipinski definition) is 2. The third kappa shape index (κ3) is 2.97. The second-order valence-corrected chi connectivity index (χ2v) is 6.74. The smallest absolute Gasteiger partial charge is 0.194 e. The van der Waals surface area contributed by atoms with Gasteiger partial charge in [-0.05, 0) is 0 Å². The van der Waals surface area contributed by atoms with Crippen molar-refractivity contribution in [1.82, 2.24) is 4.98 Å². The van der Waals surface area contributed by atoms with E-state index in [1.807, 2.05) is 30.3 Å². The molecular weight excluding hydrogens is 375 g/mol. The normalized spacial score (nSPS) is 14.3. The molecule has 0 spiro atoms. The molecule has 0 atom stereocenters. The number of benzene rings is 2. The monoisotopic (exact) mass is 387 g/mol. The molecule has 0 unspecified atom stereocenters. The molecule has 2 aromatic carbocycles. The Morgan fingerprint density at radius 1 is 1.07 bits per heavy atom. The van der Waals surface area contributed by atoms with Gasteiger partial charge in [0.15, 0.2) is 17.5 Å². The Morgan fingerprint density at radius 2 is 1.74 bits per heavy atom. The number of halogens is 3. The third-order valence-electron chi connectivity index (χ3n) is 4.17. The second kappa shape index (κ2) is 6.55. The molecular formula is C19H12F3N3OS. The van der Waals surface area contributed by atoms with Gasteiger partial charge >= 0.3 is 0 Å². The average Bonchev–Trinajstić information content (AvgIpc) is 3.24. The zero-order valence-electron chi connectivity index (χ0n) is 13.7. The molecule has 1 aromatic heterocycles. The van der Waals surface area contributed by atoms with Crippen LogP contribution >= 0.6 is 11.3 Å². The third-order valence-corrected chi connectivity index (χ3v) is 5.03. The Balaban J connectivity index is 1.67. The van der Waals surface area contributed by atoms with Gasteiger partial charge < -0.3 is 10.0 Å². The number of aliphatic hydroxyl groups excluding tert-OH is 1. The number of aromatic nitrogens is 1. The lowest BCUT2D eigenvalue weighted by Gasteiger charge is -2.18. The molecule has 4 nitrogen and oxygen atoms in total. The fraction of sp³-hybridized carbons (Fsp3) is 0.0526. The number of anilines is 1. The van der Waals surface area contributed by atoms with Crippen molar-refractivity contribution >= 4 is 28.4 Å². The molecule has 1 aliphatic rings. The van der Waals surface area contributed by atoms with Crippen molar-refractivity contribution < 1.29 is 18.3 Å². The minimum Gasteiger partial charge on any atom is -0.510 e. The minimum absolute atomic E-state index is 0.0576. The molecule has 0 saturated heterocycles. The summed E-state index contributed by atoms with van der Waals surface area (Å²) >= 11 is 1.25. The zero-order valence-corrected chi connectivity index (χ0v) is 14.5. The van der Waals surface area contributed by atoms with E-state index in [-0.39, 0.29) is 29.4 Å². The highest BCUT2D eigenvalue weighted by Gasteiger charge is 2.32. The Hall–Kier alpha value is -3.13. The van der Waals surface area contributed by atoms with E-state index in [2.05, 4.69) is 4.98 Å². The first-order valence-corrected chi connectivity index (χ1v) is 8.78. The lowest BCUT2D eigenvalue weighted by atomic mass is 10.2. The van der Waals surface area contributed by atoms with E-state index in [1.54, 1.807) is 5.38 Å². The van der Waals surface area contributed by atoms with Crippen molar-refractivity contribution in [3.63, 3.8) is 0 Å². The molecule has 2 heterocycles. The first-order chi connectivity index (χ1) is 13.0. The van der Waals surface area contributed by atoms with E-state index >= 15 is 0 Å². The van der Waals surface area contributed by atoms with E-state index in [9.17, 15) is 18.3 Å². The molecule has 4 rings (SSSR count). The Morgan fingerprint density at radius 3 is 2.41 bits per heavy atom. The molecule has 136 valence electrons. The molecule has 2 N–H and O–H groups in total. The number of thiazole rings is 1. The quantitative estimate of drug-likeness (QED) is 0.622. The molecule has 0 fully saturated rings. The number of nitrogens with zero attached hydrogens (tertiary/aromatic N) is 2. The van der Waals surface area contributed by atoms with Gasteiger partial charge in [-0.2, -0.15) is 0 Å². The van der Waals surface area contributed by atoms with Crippen molar-refractivity contribution in [2.24, 2.45) is 0 Å². The van der Waals surface area contributed by atoms with Gasteiger partial charge in [0.25, 0.3) is 0 Å². The van der Waals surface area contributed by atoms with Gasteiger partial charge in [-0.1, -0.05) is 30.3 Å². The van der Waals surface area contributed by atoms with Crippen molar-refractivity contribution in [3.8, 4) is 11.3 Å². The minimum atomic E-state index is -1.57. The van der Waals surface area contributed by atoms with Gasteiger partial charge in [-0.25, -0.2) is 18.2 Å². The van der Waals surface area contributed by atoms with Gasteiger partial charge in [-0.15, -0.1) is 11.3 Å². The van der Waals surface area contributed by atoms with Crippen LogP contribution < -0.4 is 4.90 Å². The topological polar surface area (TPSA) is 60.2 Å². The number of hydrogen-bond acceptors (Lipinski definition) is 4. The first-order valence-electron chi connectivity index (χ1n) is 7.90. The van der Waals surface area contributed by atoms with Crippen LogP contribution in [0.3, 0.4) is 0 Å². The Bertz CT molecular complexity index is 1060. The van der Waals surface area contributed by atoms with Crippen molar-refractivity contribution in [2.45, 2.75) is 0 Å². The predicted octanol–water partition coefficient (Wildman–Crippen LogP) is 4.99. The summed E-state index contributed by atoms with van der Waals surface area (Å²) in [7, 11) is 0. The first kappa shape index (κ1) is 17.3. The van der Waals surface area contributed by atoms with E-state index in [1.165, 1.54) is 16.2 Å². The molecule has 0 saturated carbocycles. The number of nitrogens with one attached hydrogen (secondary N) is 1. The maximum Gasteiger partial charge on any atom is 0.194 e. The van der Waals surface area contributed by atoms with Crippen LogP contribution in [0.2, 0.25) is 0 Å². The van der Waals surface area contributed by atoms with Crippen LogP contribution in [-0.2, 0) is 0 Å². The number of aliphatic hydroxyl groups is 1. The van der Waals surface area contributed by atoms with Crippen LogP contribution in [0.25, 0.3) is 16.8 Å². The summed E-state index contributed by atoms with van der Waals surface area (Å²) in [6, 6.07) is 11.0. The van der Waals surface area contributed by atoms with E-state index in [0.717, 1.165) is 17.7 Å². The molecule has 27 heavy (non-hydrogen) atoms. The van der Waals surface area contributed by atoms with Gasteiger partial charge in [0.1, 0.15) is 16.6 Å². The molecule has 0 aliphatic carbocycles. The van der Waals surface area contributed by atoms with E-state index in [0.29, 0.717) is 10.7 Å². The van der Waals surface area contributed by atoms with Crippen LogP contribution in [-0.4, -0.2) is 22.5 Å². The second-order valence-electron chi connectivity index (χ2n) is 5.88. The lowest BCUT2D eigenvalue weighted by Crippen LogP contribution is -2.26. The van der Waals surface area contributed by atoms with Crippen LogP contribution in [0.15, 0.2) is 53.6 Å². The fourth-order valence-electron chi connectivity index (χ4n) is 2.85. The van der Waals surface area contributed by atoms with Crippen LogP contribution in [0.5, 0.6) is 0 Å². The highest BCUT2D eigenvalue weighted by atomic mass is 32.1. The van der Waals surface area contributed by atoms with Crippen LogP contribution in [0.1, 0.15) is 5.01 Å². The molecule has 0 amide bonds. The molecule has 0 bridgehead atoms. The van der Waals surface area contributed by atoms with Crippen molar-refractivity contribution in [1.29, 1.82) is 5.41 Å². The standard InChI is InChI=1S/C19H12F3N3OS/c20-12-6-11(7-13(21)17(12)22)25-8-15(26)16(18(25)23)19-24-14(9-27-19)10-4-2-1-3-5-10/h1-7,9,23,26H,8H2. The Kier molecular flexibility index (Phi) is 4.19. The highest BCUT2D eigenvalue weighted by molar-refractivity contribution is 7.11. The lowest BCUT2D eigenvalue weighted by molar-refractivity contribution is 0.411. The van der Waals surface area contributed by atoms with Crippen LogP contribution in [0.4, 0.5) is 18.9 Å². The van der Waals surface area contributed by atoms with Gasteiger partial charge in [0, 0.05) is 28.8 Å². The van der Waals surface area contributed by atoms with Gasteiger partial charge in [-0.3, -0.25) is 5.41 Å². The molecule has 3 aromatic rings. The van der Waals surface area contributed by atoms with Crippen molar-refractivity contribution in [2.75, 3.05) is 11.4 Å². The average molecular weight is 387 g/mol. The highest BCUT2D eigenvalue weighted by Crippen LogP contribution is 2.35. The predicted molar refractivity (Wildman–Crippen MR) is 98.5 cm³/mol. The number of rotatable bonds is 3. The Labute approximate surface area is 156 Å². The maximum atomic E-state index is 13.5. The summed E-state index contributed by atoms with van der Waals surface area (Å²) in [5.41, 5.74) is 1.72. The van der Waals surface area contributed by atoms with Gasteiger partial charge in [0.05, 0.1) is 17.8 Å².